The largest absolute Gasteiger partial charge is 0.488 e. The lowest BCUT2D eigenvalue weighted by Crippen LogP contribution is -2.45. The van der Waals surface area contributed by atoms with Crippen molar-refractivity contribution < 1.29 is 18.7 Å². The molecule has 2 aromatic rings. The van der Waals surface area contributed by atoms with Crippen LogP contribution in [0.15, 0.2) is 54.6 Å². The zero-order chi connectivity index (χ0) is 17.6. The highest BCUT2D eigenvalue weighted by molar-refractivity contribution is 5.90. The number of hydrogen-bond acceptors (Lipinski definition) is 3. The predicted molar refractivity (Wildman–Crippen MR) is 89.5 cm³/mol. The van der Waals surface area contributed by atoms with Crippen LogP contribution in [0.4, 0.5) is 9.18 Å². The number of carbonyl (C=O) groups excluding carboxylic acids is 2. The SMILES string of the molecule is O=C1NCC(C(=O)NC(COc2ccccc2F)c2ccccc2)N1. The van der Waals surface area contributed by atoms with Gasteiger partial charge in [-0.2, -0.15) is 0 Å². The summed E-state index contributed by atoms with van der Waals surface area (Å²) in [4.78, 5) is 23.6. The van der Waals surface area contributed by atoms with Crippen molar-refractivity contribution in [2.45, 2.75) is 12.1 Å². The number of nitrogens with one attached hydrogen (secondary N) is 3. The Bertz CT molecular complexity index is 754. The van der Waals surface area contributed by atoms with Crippen molar-refractivity contribution in [3.05, 3.63) is 66.0 Å². The summed E-state index contributed by atoms with van der Waals surface area (Å²) in [5, 5.41) is 7.91. The van der Waals surface area contributed by atoms with Gasteiger partial charge >= 0.3 is 6.03 Å². The number of carbonyl (C=O) groups is 2. The van der Waals surface area contributed by atoms with E-state index in [1.165, 1.54) is 12.1 Å². The van der Waals surface area contributed by atoms with Gasteiger partial charge in [0.1, 0.15) is 12.6 Å². The Balaban J connectivity index is 1.70. The van der Waals surface area contributed by atoms with Gasteiger partial charge in [-0.15, -0.1) is 0 Å². The number of para-hydroxylation sites is 1. The molecule has 7 heteroatoms. The maximum absolute atomic E-state index is 13.7. The van der Waals surface area contributed by atoms with Gasteiger partial charge in [0, 0.05) is 6.54 Å². The van der Waals surface area contributed by atoms with Gasteiger partial charge in [0.25, 0.3) is 0 Å². The quantitative estimate of drug-likeness (QED) is 0.747. The summed E-state index contributed by atoms with van der Waals surface area (Å²) < 4.78 is 19.3. The first-order valence-corrected chi connectivity index (χ1v) is 7.90. The standard InChI is InChI=1S/C18H18FN3O3/c19-13-8-4-5-9-16(13)25-11-15(12-6-2-1-3-7-12)21-17(23)14-10-20-18(24)22-14/h1-9,14-15H,10-11H2,(H,21,23)(H2,20,22,24). The van der Waals surface area contributed by atoms with Crippen LogP contribution in [0.25, 0.3) is 0 Å². The number of benzene rings is 2. The van der Waals surface area contributed by atoms with E-state index in [1.807, 2.05) is 30.3 Å². The second-order valence-corrected chi connectivity index (χ2v) is 5.62. The number of hydrogen-bond donors (Lipinski definition) is 3. The van der Waals surface area contributed by atoms with Crippen LogP contribution >= 0.6 is 0 Å². The third-order valence-corrected chi connectivity index (χ3v) is 3.85. The maximum Gasteiger partial charge on any atom is 0.315 e. The van der Waals surface area contributed by atoms with E-state index in [2.05, 4.69) is 16.0 Å². The Morgan fingerprint density at radius 1 is 1.20 bits per heavy atom. The Kier molecular flexibility index (Phi) is 5.13. The third-order valence-electron chi connectivity index (χ3n) is 3.85. The minimum atomic E-state index is -0.646. The molecular formula is C18H18FN3O3. The molecule has 0 radical (unpaired) electrons. The minimum Gasteiger partial charge on any atom is -0.488 e. The monoisotopic (exact) mass is 343 g/mol. The molecule has 1 aliphatic heterocycles. The van der Waals surface area contributed by atoms with Crippen molar-refractivity contribution >= 4 is 11.9 Å². The minimum absolute atomic E-state index is 0.0603. The molecule has 1 heterocycles. The summed E-state index contributed by atoms with van der Waals surface area (Å²) in [5.74, 6) is -0.675. The van der Waals surface area contributed by atoms with Crippen molar-refractivity contribution in [2.75, 3.05) is 13.2 Å². The molecule has 0 saturated carbocycles. The number of rotatable bonds is 6. The molecule has 0 aromatic heterocycles. The molecule has 0 spiro atoms. The molecule has 0 aliphatic carbocycles. The van der Waals surface area contributed by atoms with E-state index in [9.17, 15) is 14.0 Å². The summed E-state index contributed by atoms with van der Waals surface area (Å²) in [5.41, 5.74) is 0.824. The first-order chi connectivity index (χ1) is 12.1. The third kappa shape index (κ3) is 4.26. The van der Waals surface area contributed by atoms with E-state index < -0.39 is 17.9 Å². The second kappa shape index (κ2) is 7.65. The molecule has 1 fully saturated rings. The van der Waals surface area contributed by atoms with Crippen LogP contribution in [0, 0.1) is 5.82 Å². The van der Waals surface area contributed by atoms with Gasteiger partial charge in [-0.25, -0.2) is 9.18 Å². The van der Waals surface area contributed by atoms with Gasteiger partial charge in [-0.3, -0.25) is 4.79 Å². The van der Waals surface area contributed by atoms with E-state index in [0.29, 0.717) is 0 Å². The van der Waals surface area contributed by atoms with Crippen molar-refractivity contribution in [1.29, 1.82) is 0 Å². The molecule has 2 unspecified atom stereocenters. The molecule has 1 aliphatic rings. The summed E-state index contributed by atoms with van der Waals surface area (Å²) >= 11 is 0. The molecular weight excluding hydrogens is 325 g/mol. The highest BCUT2D eigenvalue weighted by atomic mass is 19.1. The van der Waals surface area contributed by atoms with Crippen molar-refractivity contribution in [3.8, 4) is 5.75 Å². The first kappa shape index (κ1) is 16.8. The summed E-state index contributed by atoms with van der Waals surface area (Å²) in [6.45, 7) is 0.283. The van der Waals surface area contributed by atoms with Crippen LogP contribution in [0.1, 0.15) is 11.6 Å². The molecule has 6 nitrogen and oxygen atoms in total. The Morgan fingerprint density at radius 3 is 2.60 bits per heavy atom. The van der Waals surface area contributed by atoms with Crippen molar-refractivity contribution in [1.82, 2.24) is 16.0 Å². The summed E-state index contributed by atoms with van der Waals surface area (Å²) in [6, 6.07) is 13.8. The normalized spacial score (nSPS) is 17.3. The average molecular weight is 343 g/mol. The lowest BCUT2D eigenvalue weighted by Gasteiger charge is -2.21. The van der Waals surface area contributed by atoms with Gasteiger partial charge in [0.05, 0.1) is 6.04 Å². The van der Waals surface area contributed by atoms with E-state index >= 15 is 0 Å². The van der Waals surface area contributed by atoms with Crippen LogP contribution in [0.2, 0.25) is 0 Å². The molecule has 1 saturated heterocycles. The average Bonchev–Trinajstić information content (AvgIpc) is 3.07. The second-order valence-electron chi connectivity index (χ2n) is 5.62. The van der Waals surface area contributed by atoms with Crippen LogP contribution < -0.4 is 20.7 Å². The summed E-state index contributed by atoms with van der Waals surface area (Å²) in [6.07, 6.45) is 0. The molecule has 130 valence electrons. The van der Waals surface area contributed by atoms with Gasteiger partial charge < -0.3 is 20.7 Å². The van der Waals surface area contributed by atoms with Gasteiger partial charge in [0.2, 0.25) is 5.91 Å². The highest BCUT2D eigenvalue weighted by Crippen LogP contribution is 2.19. The number of ether oxygens (including phenoxy) is 1. The number of halogens is 1. The molecule has 0 bridgehead atoms. The fraction of sp³-hybridized carbons (Fsp3) is 0.222. The van der Waals surface area contributed by atoms with Crippen LogP contribution in [-0.2, 0) is 4.79 Å². The zero-order valence-electron chi connectivity index (χ0n) is 13.4. The smallest absolute Gasteiger partial charge is 0.315 e. The Morgan fingerprint density at radius 2 is 1.92 bits per heavy atom. The molecule has 3 amide bonds. The van der Waals surface area contributed by atoms with Crippen LogP contribution in [-0.4, -0.2) is 31.1 Å². The lowest BCUT2D eigenvalue weighted by atomic mass is 10.1. The fourth-order valence-corrected chi connectivity index (χ4v) is 2.53. The van der Waals surface area contributed by atoms with Crippen LogP contribution in [0.3, 0.4) is 0 Å². The zero-order valence-corrected chi connectivity index (χ0v) is 13.4. The van der Waals surface area contributed by atoms with E-state index in [4.69, 9.17) is 4.74 Å². The van der Waals surface area contributed by atoms with Gasteiger partial charge in [-0.1, -0.05) is 42.5 Å². The Hall–Kier alpha value is -3.09. The van der Waals surface area contributed by atoms with Gasteiger partial charge in [0.15, 0.2) is 11.6 Å². The molecule has 3 N–H and O–H groups in total. The number of amides is 3. The van der Waals surface area contributed by atoms with E-state index in [0.717, 1.165) is 5.56 Å². The highest BCUT2D eigenvalue weighted by Gasteiger charge is 2.28. The van der Waals surface area contributed by atoms with Crippen molar-refractivity contribution in [3.63, 3.8) is 0 Å². The molecule has 3 rings (SSSR count). The van der Waals surface area contributed by atoms with E-state index in [1.54, 1.807) is 12.1 Å². The molecule has 25 heavy (non-hydrogen) atoms. The Labute approximate surface area is 144 Å². The summed E-state index contributed by atoms with van der Waals surface area (Å²) in [7, 11) is 0. The predicted octanol–water partition coefficient (Wildman–Crippen LogP) is 1.74. The molecule has 2 atom stereocenters. The van der Waals surface area contributed by atoms with Crippen LogP contribution in [0.5, 0.6) is 5.75 Å². The number of urea groups is 1. The first-order valence-electron chi connectivity index (χ1n) is 7.90. The van der Waals surface area contributed by atoms with Crippen molar-refractivity contribution in [2.24, 2.45) is 0 Å². The van der Waals surface area contributed by atoms with Gasteiger partial charge in [-0.05, 0) is 17.7 Å². The topological polar surface area (TPSA) is 79.5 Å². The fourth-order valence-electron chi connectivity index (χ4n) is 2.53. The maximum atomic E-state index is 13.7. The molecule has 2 aromatic carbocycles. The van der Waals surface area contributed by atoms with E-state index in [-0.39, 0.29) is 30.8 Å². The lowest BCUT2D eigenvalue weighted by molar-refractivity contribution is -0.123.